The van der Waals surface area contributed by atoms with Crippen LogP contribution in [0.15, 0.2) is 23.2 Å². The first-order valence-corrected chi connectivity index (χ1v) is 11.5. The van der Waals surface area contributed by atoms with E-state index in [1.54, 1.807) is 0 Å². The smallest absolute Gasteiger partial charge is 0.191 e. The fraction of sp³-hybridized carbons (Fsp3) is 0.632. The van der Waals surface area contributed by atoms with Gasteiger partial charge in [0.2, 0.25) is 0 Å². The second-order valence-electron chi connectivity index (χ2n) is 6.42. The fourth-order valence-corrected chi connectivity index (χ4v) is 3.25. The third-order valence-electron chi connectivity index (χ3n) is 3.74. The van der Waals surface area contributed by atoms with E-state index in [1.165, 1.54) is 18.2 Å². The first kappa shape index (κ1) is 23.4. The molecule has 0 amide bonds. The van der Waals surface area contributed by atoms with E-state index >= 15 is 0 Å². The molecule has 6 nitrogen and oxygen atoms in total. The molecule has 0 aliphatic heterocycles. The van der Waals surface area contributed by atoms with Crippen LogP contribution in [0.2, 0.25) is 0 Å². The highest BCUT2D eigenvalue weighted by Gasteiger charge is 2.10. The molecule has 1 rings (SSSR count). The molecule has 0 aliphatic carbocycles. The second kappa shape index (κ2) is 12.7. The van der Waals surface area contributed by atoms with Crippen LogP contribution < -0.4 is 10.6 Å². The average Bonchev–Trinajstić information content (AvgIpc) is 2.59. The van der Waals surface area contributed by atoms with Crippen molar-refractivity contribution in [2.45, 2.75) is 45.4 Å². The van der Waals surface area contributed by atoms with Crippen LogP contribution in [-0.4, -0.2) is 46.9 Å². The molecular weight excluding hydrogens is 369 g/mol. The van der Waals surface area contributed by atoms with E-state index < -0.39 is 15.7 Å². The Balaban J connectivity index is 2.65. The van der Waals surface area contributed by atoms with Crippen LogP contribution in [0.1, 0.15) is 44.2 Å². The molecule has 0 aliphatic rings. The molecule has 0 atom stereocenters. The highest BCUT2D eigenvalue weighted by atomic mass is 32.2. The van der Waals surface area contributed by atoms with Gasteiger partial charge in [-0.15, -0.1) is 0 Å². The van der Waals surface area contributed by atoms with E-state index in [0.717, 1.165) is 32.1 Å². The Morgan fingerprint density at radius 2 is 1.89 bits per heavy atom. The predicted octanol–water partition coefficient (Wildman–Crippen LogP) is 2.63. The number of guanidine groups is 1. The van der Waals surface area contributed by atoms with Crippen LogP contribution in [-0.2, 0) is 26.9 Å². The SMILES string of the molecule is CCCCOCCCNC(=NCc1cc(F)ccc1CS(C)(=O)=O)NCC. The van der Waals surface area contributed by atoms with Crippen LogP contribution >= 0.6 is 0 Å². The van der Waals surface area contributed by atoms with Gasteiger partial charge < -0.3 is 15.4 Å². The zero-order valence-corrected chi connectivity index (χ0v) is 17.4. The van der Waals surface area contributed by atoms with E-state index in [0.29, 0.717) is 36.8 Å². The molecule has 0 unspecified atom stereocenters. The summed E-state index contributed by atoms with van der Waals surface area (Å²) in [5.41, 5.74) is 1.14. The predicted molar refractivity (Wildman–Crippen MR) is 108 cm³/mol. The van der Waals surface area contributed by atoms with Crippen LogP contribution in [0.3, 0.4) is 0 Å². The zero-order valence-electron chi connectivity index (χ0n) is 16.6. The van der Waals surface area contributed by atoms with E-state index in [-0.39, 0.29) is 12.3 Å². The molecule has 0 aromatic heterocycles. The number of rotatable bonds is 12. The van der Waals surface area contributed by atoms with Crippen LogP contribution in [0.25, 0.3) is 0 Å². The van der Waals surface area contributed by atoms with Crippen molar-refractivity contribution in [1.29, 1.82) is 0 Å². The summed E-state index contributed by atoms with van der Waals surface area (Å²) < 4.78 is 42.3. The molecule has 0 spiro atoms. The van der Waals surface area contributed by atoms with Crippen LogP contribution in [0, 0.1) is 5.82 Å². The molecule has 0 saturated heterocycles. The summed E-state index contributed by atoms with van der Waals surface area (Å²) in [7, 11) is -3.20. The van der Waals surface area contributed by atoms with Gasteiger partial charge in [-0.3, -0.25) is 0 Å². The number of hydrogen-bond acceptors (Lipinski definition) is 4. The number of nitrogens with zero attached hydrogens (tertiary/aromatic N) is 1. The molecule has 1 aromatic rings. The lowest BCUT2D eigenvalue weighted by molar-refractivity contribution is 0.129. The lowest BCUT2D eigenvalue weighted by Gasteiger charge is -2.12. The minimum absolute atomic E-state index is 0.128. The van der Waals surface area contributed by atoms with Crippen molar-refractivity contribution in [3.8, 4) is 0 Å². The largest absolute Gasteiger partial charge is 0.381 e. The molecule has 1 aromatic carbocycles. The molecular formula is C19H32FN3O3S. The quantitative estimate of drug-likeness (QED) is 0.320. The van der Waals surface area contributed by atoms with Gasteiger partial charge in [0.15, 0.2) is 15.8 Å². The lowest BCUT2D eigenvalue weighted by Crippen LogP contribution is -2.38. The Hall–Kier alpha value is -1.67. The Labute approximate surface area is 162 Å². The van der Waals surface area contributed by atoms with Gasteiger partial charge in [-0.05, 0) is 43.0 Å². The van der Waals surface area contributed by atoms with Gasteiger partial charge in [0.05, 0.1) is 12.3 Å². The van der Waals surface area contributed by atoms with Gasteiger partial charge in [0.1, 0.15) is 5.82 Å². The van der Waals surface area contributed by atoms with Gasteiger partial charge in [-0.25, -0.2) is 17.8 Å². The number of aliphatic imine (C=N–C) groups is 1. The van der Waals surface area contributed by atoms with Crippen molar-refractivity contribution in [1.82, 2.24) is 10.6 Å². The lowest BCUT2D eigenvalue weighted by atomic mass is 10.1. The molecule has 0 radical (unpaired) electrons. The summed E-state index contributed by atoms with van der Waals surface area (Å²) in [5, 5.41) is 6.34. The maximum absolute atomic E-state index is 13.6. The topological polar surface area (TPSA) is 79.8 Å². The van der Waals surface area contributed by atoms with Gasteiger partial charge in [-0.1, -0.05) is 19.4 Å². The van der Waals surface area contributed by atoms with Gasteiger partial charge in [0, 0.05) is 32.6 Å². The Morgan fingerprint density at radius 3 is 2.56 bits per heavy atom. The number of ether oxygens (including phenoxy) is 1. The highest BCUT2D eigenvalue weighted by molar-refractivity contribution is 7.89. The maximum Gasteiger partial charge on any atom is 0.191 e. The average molecular weight is 402 g/mol. The van der Waals surface area contributed by atoms with Gasteiger partial charge >= 0.3 is 0 Å². The number of halogens is 1. The van der Waals surface area contributed by atoms with Crippen molar-refractivity contribution in [3.05, 3.63) is 35.1 Å². The van der Waals surface area contributed by atoms with Crippen molar-refractivity contribution in [2.24, 2.45) is 4.99 Å². The van der Waals surface area contributed by atoms with Crippen molar-refractivity contribution in [3.63, 3.8) is 0 Å². The second-order valence-corrected chi connectivity index (χ2v) is 8.56. The highest BCUT2D eigenvalue weighted by Crippen LogP contribution is 2.15. The van der Waals surface area contributed by atoms with Crippen LogP contribution in [0.4, 0.5) is 4.39 Å². The molecule has 8 heteroatoms. The number of unbranched alkanes of at least 4 members (excludes halogenated alkanes) is 1. The standard InChI is InChI=1S/C19H32FN3O3S/c1-4-6-11-26-12-7-10-22-19(21-5-2)23-14-17-13-18(20)9-8-16(17)15-27(3,24)25/h8-9,13H,4-7,10-12,14-15H2,1-3H3,(H2,21,22,23). The summed E-state index contributed by atoms with van der Waals surface area (Å²) in [6, 6.07) is 4.13. The molecule has 27 heavy (non-hydrogen) atoms. The normalized spacial score (nSPS) is 12.2. The van der Waals surface area contributed by atoms with E-state index in [2.05, 4.69) is 22.5 Å². The monoisotopic (exact) mass is 401 g/mol. The first-order valence-electron chi connectivity index (χ1n) is 9.40. The Kier molecular flexibility index (Phi) is 11.0. The van der Waals surface area contributed by atoms with Crippen LogP contribution in [0.5, 0.6) is 0 Å². The summed E-state index contributed by atoms with van der Waals surface area (Å²) >= 11 is 0. The Morgan fingerprint density at radius 1 is 1.15 bits per heavy atom. The third-order valence-corrected chi connectivity index (χ3v) is 4.57. The van der Waals surface area contributed by atoms with Gasteiger partial charge in [-0.2, -0.15) is 0 Å². The third kappa shape index (κ3) is 10.9. The van der Waals surface area contributed by atoms with E-state index in [1.807, 2.05) is 6.92 Å². The van der Waals surface area contributed by atoms with E-state index in [4.69, 9.17) is 4.74 Å². The minimum atomic E-state index is -3.20. The number of sulfone groups is 1. The van der Waals surface area contributed by atoms with Crippen molar-refractivity contribution in [2.75, 3.05) is 32.6 Å². The fourth-order valence-electron chi connectivity index (χ4n) is 2.40. The molecule has 0 saturated carbocycles. The summed E-state index contributed by atoms with van der Waals surface area (Å²) in [4.78, 5) is 4.45. The van der Waals surface area contributed by atoms with Crippen molar-refractivity contribution < 1.29 is 17.5 Å². The zero-order chi connectivity index (χ0) is 20.1. The summed E-state index contributed by atoms with van der Waals surface area (Å²) in [5.74, 6) is 0.0808. The molecule has 0 fully saturated rings. The molecule has 154 valence electrons. The van der Waals surface area contributed by atoms with E-state index in [9.17, 15) is 12.8 Å². The summed E-state index contributed by atoms with van der Waals surface area (Å²) in [6.07, 6.45) is 4.21. The number of hydrogen-bond donors (Lipinski definition) is 2. The molecule has 0 heterocycles. The molecule has 2 N–H and O–H groups in total. The number of nitrogens with one attached hydrogen (secondary N) is 2. The first-order chi connectivity index (χ1) is 12.9. The molecule has 0 bridgehead atoms. The Bertz CT molecular complexity index is 693. The maximum atomic E-state index is 13.6. The number of benzene rings is 1. The minimum Gasteiger partial charge on any atom is -0.381 e. The van der Waals surface area contributed by atoms with Crippen molar-refractivity contribution >= 4 is 15.8 Å². The summed E-state index contributed by atoms with van der Waals surface area (Å²) in [6.45, 7) is 7.16. The van der Waals surface area contributed by atoms with Gasteiger partial charge in [0.25, 0.3) is 0 Å².